The van der Waals surface area contributed by atoms with Gasteiger partial charge in [0.15, 0.2) is 0 Å². The second kappa shape index (κ2) is 5.23. The average molecular weight is 271 g/mol. The van der Waals surface area contributed by atoms with Crippen molar-refractivity contribution in [1.29, 1.82) is 0 Å². The highest BCUT2D eigenvalue weighted by atomic mass is 19.4. The molecule has 2 nitrogen and oxygen atoms in total. The maximum Gasteiger partial charge on any atom is 0.406 e. The number of benzene rings is 1. The minimum Gasteiger partial charge on any atom is -0.330 e. The molecule has 0 bridgehead atoms. The van der Waals surface area contributed by atoms with E-state index in [1.54, 1.807) is 6.92 Å². The SMILES string of the molecule is C[C@@H]1[C@H](c2ccccc2)CCC(=O)N1CC(F)(F)F. The number of halogens is 3. The van der Waals surface area contributed by atoms with Crippen molar-refractivity contribution in [3.63, 3.8) is 0 Å². The number of carbonyl (C=O) groups excluding carboxylic acids is 1. The van der Waals surface area contributed by atoms with Crippen LogP contribution in [0.1, 0.15) is 31.2 Å². The lowest BCUT2D eigenvalue weighted by Gasteiger charge is -2.39. The van der Waals surface area contributed by atoms with Crippen LogP contribution in [0.15, 0.2) is 30.3 Å². The Morgan fingerprint density at radius 1 is 1.26 bits per heavy atom. The molecule has 2 rings (SSSR count). The second-order valence-electron chi connectivity index (χ2n) is 4.93. The van der Waals surface area contributed by atoms with Gasteiger partial charge in [-0.3, -0.25) is 4.79 Å². The topological polar surface area (TPSA) is 20.3 Å². The van der Waals surface area contributed by atoms with Crippen LogP contribution in [0, 0.1) is 0 Å². The standard InChI is InChI=1S/C14H16F3NO/c1-10-12(11-5-3-2-4-6-11)7-8-13(19)18(10)9-14(15,16)17/h2-6,10,12H,7-9H2,1H3/t10-,12-/m1/s1. The first-order valence-electron chi connectivity index (χ1n) is 6.29. The van der Waals surface area contributed by atoms with Crippen LogP contribution in [-0.4, -0.2) is 29.6 Å². The van der Waals surface area contributed by atoms with Crippen molar-refractivity contribution in [3.8, 4) is 0 Å². The number of hydrogen-bond acceptors (Lipinski definition) is 1. The van der Waals surface area contributed by atoms with Crippen molar-refractivity contribution in [2.75, 3.05) is 6.54 Å². The Hall–Kier alpha value is -1.52. The second-order valence-corrected chi connectivity index (χ2v) is 4.93. The predicted molar refractivity (Wildman–Crippen MR) is 65.6 cm³/mol. The Morgan fingerprint density at radius 2 is 1.89 bits per heavy atom. The van der Waals surface area contributed by atoms with Crippen molar-refractivity contribution >= 4 is 5.91 Å². The number of alkyl halides is 3. The van der Waals surface area contributed by atoms with Gasteiger partial charge in [0.2, 0.25) is 5.91 Å². The maximum absolute atomic E-state index is 12.5. The molecule has 1 aliphatic rings. The Bertz CT molecular complexity index is 444. The zero-order chi connectivity index (χ0) is 14.0. The average Bonchev–Trinajstić information content (AvgIpc) is 2.34. The number of hydrogen-bond donors (Lipinski definition) is 0. The van der Waals surface area contributed by atoms with Gasteiger partial charge in [0.05, 0.1) is 0 Å². The maximum atomic E-state index is 12.5. The van der Waals surface area contributed by atoms with E-state index in [1.807, 2.05) is 30.3 Å². The molecule has 1 aromatic carbocycles. The lowest BCUT2D eigenvalue weighted by molar-refractivity contribution is -0.169. The molecule has 0 saturated carbocycles. The molecule has 0 spiro atoms. The molecule has 1 saturated heterocycles. The third-order valence-electron chi connectivity index (χ3n) is 3.64. The van der Waals surface area contributed by atoms with Crippen LogP contribution in [0.5, 0.6) is 0 Å². The van der Waals surface area contributed by atoms with E-state index in [0.717, 1.165) is 10.5 Å². The first-order chi connectivity index (χ1) is 8.88. The zero-order valence-electron chi connectivity index (χ0n) is 10.7. The molecule has 1 fully saturated rings. The summed E-state index contributed by atoms with van der Waals surface area (Å²) in [5.74, 6) is -0.432. The molecule has 0 unspecified atom stereocenters. The van der Waals surface area contributed by atoms with E-state index in [4.69, 9.17) is 0 Å². The minimum absolute atomic E-state index is 0.0266. The molecule has 5 heteroatoms. The van der Waals surface area contributed by atoms with Crippen LogP contribution in [0.25, 0.3) is 0 Å². The lowest BCUT2D eigenvalue weighted by atomic mass is 9.84. The fraction of sp³-hybridized carbons (Fsp3) is 0.500. The van der Waals surface area contributed by atoms with Crippen molar-refractivity contribution in [2.45, 2.75) is 37.9 Å². The number of carbonyl (C=O) groups is 1. The molecule has 104 valence electrons. The summed E-state index contributed by atoms with van der Waals surface area (Å²) in [6.45, 7) is 0.538. The summed E-state index contributed by atoms with van der Waals surface area (Å²) in [4.78, 5) is 12.6. The Labute approximate surface area is 110 Å². The van der Waals surface area contributed by atoms with E-state index in [-0.39, 0.29) is 12.3 Å². The molecule has 19 heavy (non-hydrogen) atoms. The molecule has 0 aliphatic carbocycles. The Balaban J connectivity index is 2.19. The summed E-state index contributed by atoms with van der Waals surface area (Å²) in [5.41, 5.74) is 0.995. The molecule has 1 aromatic rings. The summed E-state index contributed by atoms with van der Waals surface area (Å²) in [5, 5.41) is 0. The fourth-order valence-electron chi connectivity index (χ4n) is 2.68. The zero-order valence-corrected chi connectivity index (χ0v) is 10.7. The first kappa shape index (κ1) is 13.9. The molecular weight excluding hydrogens is 255 g/mol. The monoisotopic (exact) mass is 271 g/mol. The van der Waals surface area contributed by atoms with Crippen molar-refractivity contribution in [3.05, 3.63) is 35.9 Å². The molecule has 1 heterocycles. The van der Waals surface area contributed by atoms with Crippen molar-refractivity contribution in [1.82, 2.24) is 4.90 Å². The molecule has 1 aliphatic heterocycles. The molecule has 1 amide bonds. The van der Waals surface area contributed by atoms with Gasteiger partial charge in [-0.05, 0) is 18.9 Å². The summed E-state index contributed by atoms with van der Waals surface area (Å²) in [7, 11) is 0. The summed E-state index contributed by atoms with van der Waals surface area (Å²) < 4.78 is 37.6. The molecule has 2 atom stereocenters. The van der Waals surface area contributed by atoms with Gasteiger partial charge in [0, 0.05) is 18.4 Å². The molecule has 0 radical (unpaired) electrons. The van der Waals surface area contributed by atoms with Crippen LogP contribution < -0.4 is 0 Å². The number of rotatable bonds is 2. The molecule has 0 N–H and O–H groups in total. The number of likely N-dealkylation sites (tertiary alicyclic amines) is 1. The van der Waals surface area contributed by atoms with E-state index in [0.29, 0.717) is 6.42 Å². The number of nitrogens with zero attached hydrogens (tertiary/aromatic N) is 1. The quantitative estimate of drug-likeness (QED) is 0.807. The predicted octanol–water partition coefficient (Wildman–Crippen LogP) is 3.34. The molecular formula is C14H16F3NO. The van der Waals surface area contributed by atoms with E-state index < -0.39 is 24.7 Å². The van der Waals surface area contributed by atoms with Gasteiger partial charge in [-0.1, -0.05) is 30.3 Å². The number of piperidine rings is 1. The van der Waals surface area contributed by atoms with Gasteiger partial charge in [-0.25, -0.2) is 0 Å². The van der Waals surface area contributed by atoms with E-state index >= 15 is 0 Å². The third-order valence-corrected chi connectivity index (χ3v) is 3.64. The van der Waals surface area contributed by atoms with Crippen LogP contribution in [-0.2, 0) is 4.79 Å². The normalized spacial score (nSPS) is 24.6. The van der Waals surface area contributed by atoms with E-state index in [1.165, 1.54) is 0 Å². The lowest BCUT2D eigenvalue weighted by Crippen LogP contribution is -2.49. The van der Waals surface area contributed by atoms with Gasteiger partial charge in [0.25, 0.3) is 0 Å². The summed E-state index contributed by atoms with van der Waals surface area (Å²) >= 11 is 0. The van der Waals surface area contributed by atoms with Crippen molar-refractivity contribution < 1.29 is 18.0 Å². The van der Waals surface area contributed by atoms with E-state index in [2.05, 4.69) is 0 Å². The minimum atomic E-state index is -4.34. The third kappa shape index (κ3) is 3.28. The highest BCUT2D eigenvalue weighted by Gasteiger charge is 2.40. The summed E-state index contributed by atoms with van der Waals surface area (Å²) in [6.07, 6.45) is -3.55. The van der Waals surface area contributed by atoms with Crippen LogP contribution >= 0.6 is 0 Å². The van der Waals surface area contributed by atoms with Gasteiger partial charge in [-0.2, -0.15) is 13.2 Å². The van der Waals surface area contributed by atoms with Gasteiger partial charge >= 0.3 is 6.18 Å². The Kier molecular flexibility index (Phi) is 3.83. The van der Waals surface area contributed by atoms with Crippen molar-refractivity contribution in [2.24, 2.45) is 0 Å². The first-order valence-corrected chi connectivity index (χ1v) is 6.29. The molecule has 0 aromatic heterocycles. The van der Waals surface area contributed by atoms with E-state index in [9.17, 15) is 18.0 Å². The van der Waals surface area contributed by atoms with Crippen LogP contribution in [0.4, 0.5) is 13.2 Å². The van der Waals surface area contributed by atoms with Gasteiger partial charge in [0.1, 0.15) is 6.54 Å². The fourth-order valence-corrected chi connectivity index (χ4v) is 2.68. The Morgan fingerprint density at radius 3 is 2.47 bits per heavy atom. The van der Waals surface area contributed by atoms with Gasteiger partial charge < -0.3 is 4.90 Å². The van der Waals surface area contributed by atoms with Gasteiger partial charge in [-0.15, -0.1) is 0 Å². The van der Waals surface area contributed by atoms with Crippen LogP contribution in [0.2, 0.25) is 0 Å². The largest absolute Gasteiger partial charge is 0.406 e. The number of amides is 1. The summed E-state index contributed by atoms with van der Waals surface area (Å²) in [6, 6.07) is 8.99. The highest BCUT2D eigenvalue weighted by Crippen LogP contribution is 2.34. The smallest absolute Gasteiger partial charge is 0.330 e. The van der Waals surface area contributed by atoms with Crippen LogP contribution in [0.3, 0.4) is 0 Å². The highest BCUT2D eigenvalue weighted by molar-refractivity contribution is 5.77.